The highest BCUT2D eigenvalue weighted by atomic mass is 19.1. The second kappa shape index (κ2) is 10.1. The van der Waals surface area contributed by atoms with Crippen molar-refractivity contribution in [2.45, 2.75) is 19.6 Å². The zero-order valence-electron chi connectivity index (χ0n) is 18.2. The minimum Gasteiger partial charge on any atom is -0.442 e. The van der Waals surface area contributed by atoms with Crippen molar-refractivity contribution in [3.63, 3.8) is 0 Å². The van der Waals surface area contributed by atoms with Crippen LogP contribution in [0.25, 0.3) is 0 Å². The fraction of sp³-hybridized carbons (Fsp3) is 0.409. The highest BCUT2D eigenvalue weighted by molar-refractivity contribution is 5.90. The Morgan fingerprint density at radius 2 is 2.03 bits per heavy atom. The number of hydrogen-bond donors (Lipinski definition) is 1. The summed E-state index contributed by atoms with van der Waals surface area (Å²) in [6, 6.07) is 6.02. The van der Waals surface area contributed by atoms with Gasteiger partial charge in [0, 0.05) is 51.1 Å². The molecular weight excluding hydrogens is 436 g/mol. The number of carbonyl (C=O) groups is 2. The molecule has 0 bridgehead atoms. The number of nitrogens with one attached hydrogen (secondary N) is 1. The van der Waals surface area contributed by atoms with Crippen LogP contribution < -0.4 is 15.1 Å². The first-order valence-electron chi connectivity index (χ1n) is 10.6. The molecule has 0 saturated carbocycles. The zero-order valence-corrected chi connectivity index (χ0v) is 18.2. The molecule has 33 heavy (non-hydrogen) atoms. The van der Waals surface area contributed by atoms with E-state index in [2.05, 4.69) is 10.3 Å². The van der Waals surface area contributed by atoms with Crippen LogP contribution in [0.5, 0.6) is 0 Å². The molecule has 0 unspecified atom stereocenters. The van der Waals surface area contributed by atoms with E-state index in [-0.39, 0.29) is 37.0 Å². The molecule has 4 rings (SSSR count). The third kappa shape index (κ3) is 5.55. The number of amides is 2. The Labute approximate surface area is 189 Å². The molecule has 1 atom stereocenters. The van der Waals surface area contributed by atoms with Crippen LogP contribution in [0.2, 0.25) is 0 Å². The number of hydroxylamine groups is 2. The molecule has 2 aromatic rings. The smallest absolute Gasteiger partial charge is 0.414 e. The molecule has 2 saturated heterocycles. The van der Waals surface area contributed by atoms with Crippen molar-refractivity contribution >= 4 is 23.4 Å². The summed E-state index contributed by atoms with van der Waals surface area (Å²) >= 11 is 0. The normalized spacial score (nSPS) is 19.4. The maximum Gasteiger partial charge on any atom is 0.414 e. The summed E-state index contributed by atoms with van der Waals surface area (Å²) in [4.78, 5) is 35.8. The molecule has 1 aromatic carbocycles. The first-order valence-corrected chi connectivity index (χ1v) is 10.6. The lowest BCUT2D eigenvalue weighted by molar-refractivity contribution is -0.154. The molecule has 1 aromatic heterocycles. The monoisotopic (exact) mass is 461 g/mol. The number of carbonyl (C=O) groups excluding carboxylic acids is 2. The number of benzene rings is 1. The average Bonchev–Trinajstić information content (AvgIpc) is 3.01. The highest BCUT2D eigenvalue weighted by Crippen LogP contribution is 2.31. The van der Waals surface area contributed by atoms with Gasteiger partial charge in [-0.15, -0.1) is 0 Å². The lowest BCUT2D eigenvalue weighted by atomic mass is 10.2. The van der Waals surface area contributed by atoms with Crippen LogP contribution in [0.4, 0.5) is 25.0 Å². The second-order valence-electron chi connectivity index (χ2n) is 7.86. The minimum absolute atomic E-state index is 0.0633. The molecule has 2 aliphatic rings. The fourth-order valence-corrected chi connectivity index (χ4v) is 3.84. The number of rotatable bonds is 6. The zero-order chi connectivity index (χ0) is 23.4. The highest BCUT2D eigenvalue weighted by Gasteiger charge is 2.34. The number of aromatic nitrogens is 1. The first-order chi connectivity index (χ1) is 15.9. The van der Waals surface area contributed by atoms with Crippen molar-refractivity contribution in [3.05, 3.63) is 53.9 Å². The number of nitrogens with zero attached hydrogens (tertiary/aromatic N) is 4. The van der Waals surface area contributed by atoms with Crippen LogP contribution >= 0.6 is 0 Å². The van der Waals surface area contributed by atoms with Crippen LogP contribution in [0, 0.1) is 11.6 Å². The number of cyclic esters (lactones) is 1. The second-order valence-corrected chi connectivity index (χ2v) is 7.86. The number of halogens is 2. The summed E-state index contributed by atoms with van der Waals surface area (Å²) in [5.41, 5.74) is 0.878. The maximum atomic E-state index is 15.0. The maximum absolute atomic E-state index is 15.0. The van der Waals surface area contributed by atoms with E-state index in [1.165, 1.54) is 6.92 Å². The molecule has 2 amide bonds. The summed E-state index contributed by atoms with van der Waals surface area (Å²) in [5.74, 6) is -1.81. The van der Waals surface area contributed by atoms with Gasteiger partial charge >= 0.3 is 6.09 Å². The van der Waals surface area contributed by atoms with Gasteiger partial charge in [-0.3, -0.25) is 19.5 Å². The topological polar surface area (TPSA) is 87.2 Å². The van der Waals surface area contributed by atoms with E-state index >= 15 is 8.78 Å². The molecule has 9 nitrogen and oxygen atoms in total. The largest absolute Gasteiger partial charge is 0.442 e. The lowest BCUT2D eigenvalue weighted by Gasteiger charge is -2.24. The van der Waals surface area contributed by atoms with Crippen LogP contribution in [0.15, 0.2) is 36.7 Å². The quantitative estimate of drug-likeness (QED) is 0.705. The van der Waals surface area contributed by atoms with E-state index in [1.807, 2.05) is 12.1 Å². The first kappa shape index (κ1) is 22.9. The number of ether oxygens (including phenoxy) is 1. The van der Waals surface area contributed by atoms with Gasteiger partial charge < -0.3 is 15.0 Å². The Hall–Kier alpha value is -3.31. The van der Waals surface area contributed by atoms with Gasteiger partial charge in [-0.1, -0.05) is 6.07 Å². The molecule has 0 aliphatic carbocycles. The van der Waals surface area contributed by atoms with E-state index in [9.17, 15) is 9.59 Å². The van der Waals surface area contributed by atoms with Crippen LogP contribution in [-0.2, 0) is 20.9 Å². The summed E-state index contributed by atoms with van der Waals surface area (Å²) in [6.45, 7) is 3.46. The van der Waals surface area contributed by atoms with E-state index < -0.39 is 23.8 Å². The molecule has 0 spiro atoms. The van der Waals surface area contributed by atoms with Gasteiger partial charge in [0.15, 0.2) is 11.6 Å². The lowest BCUT2D eigenvalue weighted by Crippen LogP contribution is -2.33. The van der Waals surface area contributed by atoms with Gasteiger partial charge in [-0.05, 0) is 11.6 Å². The van der Waals surface area contributed by atoms with Gasteiger partial charge in [0.1, 0.15) is 11.8 Å². The van der Waals surface area contributed by atoms with Crippen molar-refractivity contribution < 1.29 is 27.9 Å². The molecule has 3 heterocycles. The average molecular weight is 461 g/mol. The van der Waals surface area contributed by atoms with Gasteiger partial charge in [-0.2, -0.15) is 5.06 Å². The van der Waals surface area contributed by atoms with E-state index in [4.69, 9.17) is 9.57 Å². The summed E-state index contributed by atoms with van der Waals surface area (Å²) in [5, 5.41) is 4.31. The van der Waals surface area contributed by atoms with E-state index in [1.54, 1.807) is 22.4 Å². The minimum atomic E-state index is -0.774. The molecule has 2 fully saturated rings. The summed E-state index contributed by atoms with van der Waals surface area (Å²) in [6.07, 6.45) is 2.12. The fourth-order valence-electron chi connectivity index (χ4n) is 3.84. The SMILES string of the molecule is CC(=O)NC[C@H]1CN(c2cc(F)c(N3CCON(Cc4cccnc4)CC3)c(F)c2)C(=O)O1. The van der Waals surface area contributed by atoms with Crippen LogP contribution in [-0.4, -0.2) is 67.5 Å². The molecule has 1 N–H and O–H groups in total. The molecular formula is C22H25F2N5O4. The molecule has 11 heteroatoms. The van der Waals surface area contributed by atoms with Crippen molar-refractivity contribution in [1.82, 2.24) is 15.4 Å². The molecule has 2 aliphatic heterocycles. The Bertz CT molecular complexity index is 987. The van der Waals surface area contributed by atoms with Gasteiger partial charge in [-0.25, -0.2) is 13.6 Å². The third-order valence-corrected chi connectivity index (χ3v) is 5.42. The van der Waals surface area contributed by atoms with Crippen LogP contribution in [0.3, 0.4) is 0 Å². The number of pyridine rings is 1. The van der Waals surface area contributed by atoms with Crippen LogP contribution in [0.1, 0.15) is 12.5 Å². The Morgan fingerprint density at radius 1 is 1.24 bits per heavy atom. The Kier molecular flexibility index (Phi) is 6.99. The molecule has 176 valence electrons. The molecule has 0 radical (unpaired) electrons. The Balaban J connectivity index is 1.43. The summed E-state index contributed by atoms with van der Waals surface area (Å²) < 4.78 is 35.2. The number of hydrogen-bond acceptors (Lipinski definition) is 7. The third-order valence-electron chi connectivity index (χ3n) is 5.42. The number of anilines is 2. The van der Waals surface area contributed by atoms with Gasteiger partial charge in [0.25, 0.3) is 0 Å². The predicted molar refractivity (Wildman–Crippen MR) is 115 cm³/mol. The van der Waals surface area contributed by atoms with E-state index in [0.717, 1.165) is 22.6 Å². The van der Waals surface area contributed by atoms with Gasteiger partial charge in [0.2, 0.25) is 5.91 Å². The van der Waals surface area contributed by atoms with Crippen molar-refractivity contribution in [2.24, 2.45) is 0 Å². The van der Waals surface area contributed by atoms with Crippen molar-refractivity contribution in [3.8, 4) is 0 Å². The predicted octanol–water partition coefficient (Wildman–Crippen LogP) is 2.07. The standard InChI is InChI=1S/C22H25F2N5O4/c1-15(30)26-12-18-14-29(22(31)33-18)17-9-19(23)21(20(24)10-17)27-5-6-28(32-8-7-27)13-16-3-2-4-25-11-16/h2-4,9-11,18H,5-8,12-14H2,1H3,(H,26,30)/t18-/m0/s1. The van der Waals surface area contributed by atoms with E-state index in [0.29, 0.717) is 26.2 Å². The van der Waals surface area contributed by atoms with Gasteiger partial charge in [0.05, 0.1) is 31.9 Å². The summed E-state index contributed by atoms with van der Waals surface area (Å²) in [7, 11) is 0. The van der Waals surface area contributed by atoms with Crippen molar-refractivity contribution in [1.29, 1.82) is 0 Å². The Morgan fingerprint density at radius 3 is 2.73 bits per heavy atom. The van der Waals surface area contributed by atoms with Crippen molar-refractivity contribution in [2.75, 3.05) is 49.1 Å².